The lowest BCUT2D eigenvalue weighted by molar-refractivity contribution is -0.138. The lowest BCUT2D eigenvalue weighted by Crippen LogP contribution is -2.40. The number of hydrogen-bond acceptors (Lipinski definition) is 6. The molecule has 0 aliphatic carbocycles. The molecule has 2 N–H and O–H groups in total. The van der Waals surface area contributed by atoms with Crippen molar-refractivity contribution in [1.29, 1.82) is 0 Å². The lowest BCUT2D eigenvalue weighted by atomic mass is 9.87. The topological polar surface area (TPSA) is 70.9 Å². The van der Waals surface area contributed by atoms with Gasteiger partial charge >= 0.3 is 6.18 Å². The first-order chi connectivity index (χ1) is 17.4. The first kappa shape index (κ1) is 26.6. The molecule has 1 atom stereocenters. The number of anilines is 1. The number of benzene rings is 1. The highest BCUT2D eigenvalue weighted by Crippen LogP contribution is 2.35. The van der Waals surface area contributed by atoms with Crippen LogP contribution in [0, 0.1) is 5.92 Å². The number of nitrogens with one attached hydrogen (secondary N) is 2. The van der Waals surface area contributed by atoms with E-state index in [2.05, 4.69) is 58.5 Å². The van der Waals surface area contributed by atoms with Crippen LogP contribution < -0.4 is 10.6 Å². The molecule has 9 heteroatoms. The average Bonchev–Trinajstić information content (AvgIpc) is 2.83. The summed E-state index contributed by atoms with van der Waals surface area (Å²) in [5.74, 6) is 1.35. The summed E-state index contributed by atoms with van der Waals surface area (Å²) >= 11 is 0. The van der Waals surface area contributed by atoms with Gasteiger partial charge in [-0.25, -0.2) is 9.98 Å². The minimum absolute atomic E-state index is 0.0251. The van der Waals surface area contributed by atoms with E-state index < -0.39 is 17.9 Å². The normalized spacial score (nSPS) is 17.8. The van der Waals surface area contributed by atoms with E-state index >= 15 is 0 Å². The summed E-state index contributed by atoms with van der Waals surface area (Å²) in [7, 11) is 0. The zero-order chi connectivity index (χ0) is 26.8. The minimum Gasteiger partial charge on any atom is -0.373 e. The molecular weight excluding hydrogens is 479 g/mol. The Morgan fingerprint density at radius 3 is 2.43 bits per heavy atom. The molecule has 6 nitrogen and oxygen atoms in total. The van der Waals surface area contributed by atoms with Crippen molar-refractivity contribution in [2.24, 2.45) is 15.9 Å². The second-order valence-electron chi connectivity index (χ2n) is 10.5. The predicted octanol–water partition coefficient (Wildman–Crippen LogP) is 6.19. The summed E-state index contributed by atoms with van der Waals surface area (Å²) < 4.78 is 46.6. The number of dihydropyridines is 1. The van der Waals surface area contributed by atoms with E-state index in [-0.39, 0.29) is 23.4 Å². The number of nitrogens with zero attached hydrogens (tertiary/aromatic N) is 3. The Kier molecular flexibility index (Phi) is 7.54. The Hall–Kier alpha value is -3.46. The fourth-order valence-corrected chi connectivity index (χ4v) is 3.96. The molecule has 196 valence electrons. The molecule has 0 spiro atoms. The molecule has 0 saturated carbocycles. The number of aromatic nitrogens is 1. The Labute approximate surface area is 215 Å². The Morgan fingerprint density at radius 2 is 1.78 bits per heavy atom. The van der Waals surface area contributed by atoms with Crippen molar-refractivity contribution in [3.05, 3.63) is 77.1 Å². The molecule has 1 unspecified atom stereocenters. The summed E-state index contributed by atoms with van der Waals surface area (Å²) in [4.78, 5) is 13.3. The van der Waals surface area contributed by atoms with Gasteiger partial charge in [-0.15, -0.1) is 0 Å². The van der Waals surface area contributed by atoms with Crippen LogP contribution in [0.2, 0.25) is 0 Å². The number of fused-ring (bicyclic) bond motifs is 1. The van der Waals surface area contributed by atoms with Gasteiger partial charge in [-0.2, -0.15) is 13.2 Å². The maximum atomic E-state index is 13.6. The average molecular weight is 512 g/mol. The van der Waals surface area contributed by atoms with E-state index in [1.54, 1.807) is 12.2 Å². The van der Waals surface area contributed by atoms with Crippen LogP contribution in [0.25, 0.3) is 5.70 Å². The Morgan fingerprint density at radius 1 is 1.05 bits per heavy atom. The smallest absolute Gasteiger partial charge is 0.373 e. The molecular formula is C28H32F3N5O. The van der Waals surface area contributed by atoms with Crippen LogP contribution in [0.1, 0.15) is 51.4 Å². The second kappa shape index (κ2) is 10.5. The van der Waals surface area contributed by atoms with Gasteiger partial charge in [0.15, 0.2) is 12.0 Å². The van der Waals surface area contributed by atoms with Gasteiger partial charge in [-0.3, -0.25) is 4.98 Å². The van der Waals surface area contributed by atoms with Gasteiger partial charge in [0.25, 0.3) is 0 Å². The second-order valence-corrected chi connectivity index (χ2v) is 10.5. The minimum atomic E-state index is -4.53. The third-order valence-electron chi connectivity index (χ3n) is 5.87. The molecule has 2 aliphatic rings. The molecule has 37 heavy (non-hydrogen) atoms. The molecule has 3 heterocycles. The van der Waals surface area contributed by atoms with Crippen LogP contribution in [0.4, 0.5) is 18.9 Å². The third-order valence-corrected chi connectivity index (χ3v) is 5.87. The van der Waals surface area contributed by atoms with Crippen molar-refractivity contribution in [3.8, 4) is 0 Å². The van der Waals surface area contributed by atoms with Gasteiger partial charge in [-0.05, 0) is 53.3 Å². The van der Waals surface area contributed by atoms with Gasteiger partial charge < -0.3 is 15.4 Å². The monoisotopic (exact) mass is 511 g/mol. The van der Waals surface area contributed by atoms with E-state index in [0.717, 1.165) is 11.8 Å². The van der Waals surface area contributed by atoms with Crippen LogP contribution in [0.15, 0.2) is 70.3 Å². The zero-order valence-electron chi connectivity index (χ0n) is 21.6. The SMILES string of the molecule is CC(C)COCC1=NC2NC(c3ncccc3C(F)(F)F)=CC=C2C(Nc2ccc(C(C)(C)C)cc2)=N1. The largest absolute Gasteiger partial charge is 0.418 e. The van der Waals surface area contributed by atoms with Gasteiger partial charge in [0.2, 0.25) is 0 Å². The lowest BCUT2D eigenvalue weighted by Gasteiger charge is -2.30. The van der Waals surface area contributed by atoms with E-state index in [9.17, 15) is 13.2 Å². The number of alkyl halides is 3. The number of hydrogen-bond donors (Lipinski definition) is 2. The number of rotatable bonds is 6. The van der Waals surface area contributed by atoms with Crippen LogP contribution in [-0.2, 0) is 16.3 Å². The Bertz CT molecular complexity index is 1250. The summed E-state index contributed by atoms with van der Waals surface area (Å²) in [6.07, 6.45) is -0.517. The van der Waals surface area contributed by atoms with Crippen molar-refractivity contribution in [2.75, 3.05) is 18.5 Å². The van der Waals surface area contributed by atoms with Crippen LogP contribution >= 0.6 is 0 Å². The summed E-state index contributed by atoms with van der Waals surface area (Å²) in [5.41, 5.74) is 2.04. The maximum Gasteiger partial charge on any atom is 0.418 e. The summed E-state index contributed by atoms with van der Waals surface area (Å²) in [5, 5.41) is 6.48. The Balaban J connectivity index is 1.66. The number of pyridine rings is 1. The molecule has 0 amide bonds. The van der Waals surface area contributed by atoms with E-state index in [4.69, 9.17) is 4.74 Å². The van der Waals surface area contributed by atoms with Crippen LogP contribution in [0.5, 0.6) is 0 Å². The van der Waals surface area contributed by atoms with Crippen molar-refractivity contribution in [3.63, 3.8) is 0 Å². The highest BCUT2D eigenvalue weighted by atomic mass is 19.4. The number of ether oxygens (including phenoxy) is 1. The first-order valence-electron chi connectivity index (χ1n) is 12.2. The number of aliphatic imine (C=N–C) groups is 2. The summed E-state index contributed by atoms with van der Waals surface area (Å²) in [6.45, 7) is 11.3. The molecule has 1 aromatic heterocycles. The highest BCUT2D eigenvalue weighted by Gasteiger charge is 2.36. The van der Waals surface area contributed by atoms with Crippen molar-refractivity contribution in [2.45, 2.75) is 52.4 Å². The molecule has 0 bridgehead atoms. The van der Waals surface area contributed by atoms with E-state index in [0.29, 0.717) is 29.8 Å². The van der Waals surface area contributed by atoms with Crippen molar-refractivity contribution >= 4 is 23.1 Å². The maximum absolute atomic E-state index is 13.6. The quantitative estimate of drug-likeness (QED) is 0.485. The predicted molar refractivity (Wildman–Crippen MR) is 142 cm³/mol. The van der Waals surface area contributed by atoms with Crippen LogP contribution in [-0.4, -0.2) is 36.0 Å². The standard InChI is InChI=1S/C28H32F3N5O/c1-17(2)15-37-16-23-35-25(33-19-10-8-18(9-11-19)27(3,4)5)20-12-13-22(34-26(20)36-23)24-21(28(29,30)31)7-6-14-32-24/h6-14,17,26,34H,15-16H2,1-5H3,(H,33,35,36). The van der Waals surface area contributed by atoms with Gasteiger partial charge in [0, 0.05) is 24.1 Å². The molecule has 0 fully saturated rings. The van der Waals surface area contributed by atoms with Crippen molar-refractivity contribution < 1.29 is 17.9 Å². The molecule has 2 aliphatic heterocycles. The first-order valence-corrected chi connectivity index (χ1v) is 12.2. The third kappa shape index (κ3) is 6.46. The molecule has 1 aromatic carbocycles. The van der Waals surface area contributed by atoms with Crippen LogP contribution in [0.3, 0.4) is 0 Å². The molecule has 0 radical (unpaired) electrons. The van der Waals surface area contributed by atoms with Crippen molar-refractivity contribution in [1.82, 2.24) is 10.3 Å². The zero-order valence-corrected chi connectivity index (χ0v) is 21.6. The fraction of sp³-hybridized carbons (Fsp3) is 0.393. The van der Waals surface area contributed by atoms with Gasteiger partial charge in [0.1, 0.15) is 12.4 Å². The van der Waals surface area contributed by atoms with Gasteiger partial charge in [0.05, 0.1) is 17.0 Å². The summed E-state index contributed by atoms with van der Waals surface area (Å²) in [6, 6.07) is 10.4. The van der Waals surface area contributed by atoms with E-state index in [1.165, 1.54) is 17.8 Å². The highest BCUT2D eigenvalue weighted by molar-refractivity contribution is 6.16. The molecule has 0 saturated heterocycles. The van der Waals surface area contributed by atoms with Gasteiger partial charge in [-0.1, -0.05) is 46.8 Å². The fourth-order valence-electron chi connectivity index (χ4n) is 3.96. The number of halogens is 3. The molecule has 4 rings (SSSR count). The number of amidine groups is 2. The van der Waals surface area contributed by atoms with E-state index in [1.807, 2.05) is 26.0 Å². The molecule has 2 aromatic rings. The number of allylic oxidation sites excluding steroid dienone is 2.